The van der Waals surface area contributed by atoms with Crippen LogP contribution in [0.25, 0.3) is 0 Å². The van der Waals surface area contributed by atoms with Crippen LogP contribution in [0.1, 0.15) is 52.7 Å². The number of methoxy groups -OCH3 is 1. The smallest absolute Gasteiger partial charge is 0.191 e. The molecule has 25 heavy (non-hydrogen) atoms. The Morgan fingerprint density at radius 2 is 2.16 bits per heavy atom. The van der Waals surface area contributed by atoms with Crippen molar-refractivity contribution in [1.29, 1.82) is 0 Å². The Morgan fingerprint density at radius 1 is 1.40 bits per heavy atom. The number of hydrogen-bond acceptors (Lipinski definition) is 4. The molecule has 0 saturated carbocycles. The average molecular weight is 351 g/mol. The van der Waals surface area contributed by atoms with E-state index >= 15 is 0 Å². The third-order valence-corrected chi connectivity index (χ3v) is 4.57. The second-order valence-electron chi connectivity index (χ2n) is 7.67. The van der Waals surface area contributed by atoms with E-state index < -0.39 is 0 Å². The van der Waals surface area contributed by atoms with Crippen LogP contribution >= 0.6 is 0 Å². The Morgan fingerprint density at radius 3 is 2.76 bits per heavy atom. The zero-order valence-electron chi connectivity index (χ0n) is 16.6. The maximum absolute atomic E-state index is 5.61. The zero-order chi connectivity index (χ0) is 18.4. The first-order valence-corrected chi connectivity index (χ1v) is 9.37. The molecule has 1 aliphatic rings. The van der Waals surface area contributed by atoms with Gasteiger partial charge >= 0.3 is 0 Å². The summed E-state index contributed by atoms with van der Waals surface area (Å²) in [6.07, 6.45) is 2.96. The number of rotatable bonds is 6. The molecule has 2 N–H and O–H groups in total. The molecule has 142 valence electrons. The average Bonchev–Trinajstić information content (AvgIpc) is 2.96. The van der Waals surface area contributed by atoms with Crippen LogP contribution in [0, 0.1) is 5.41 Å². The molecule has 7 nitrogen and oxygen atoms in total. The summed E-state index contributed by atoms with van der Waals surface area (Å²) in [6, 6.07) is 0.312. The first kappa shape index (κ1) is 19.7. The monoisotopic (exact) mass is 350 g/mol. The fourth-order valence-electron chi connectivity index (χ4n) is 3.02. The maximum Gasteiger partial charge on any atom is 0.191 e. The second kappa shape index (κ2) is 8.65. The lowest BCUT2D eigenvalue weighted by Gasteiger charge is -2.29. The molecule has 1 aliphatic heterocycles. The lowest BCUT2D eigenvalue weighted by atomic mass is 9.89. The number of guanidine groups is 1. The number of hydrogen-bond donors (Lipinski definition) is 2. The molecule has 2 unspecified atom stereocenters. The van der Waals surface area contributed by atoms with Crippen LogP contribution in [0.15, 0.2) is 4.99 Å². The van der Waals surface area contributed by atoms with Gasteiger partial charge in [-0.3, -0.25) is 4.99 Å². The van der Waals surface area contributed by atoms with Crippen LogP contribution in [0.3, 0.4) is 0 Å². The van der Waals surface area contributed by atoms with Gasteiger partial charge in [0.05, 0.1) is 19.2 Å². The van der Waals surface area contributed by atoms with Gasteiger partial charge in [0.1, 0.15) is 5.82 Å². The summed E-state index contributed by atoms with van der Waals surface area (Å²) >= 11 is 0. The highest BCUT2D eigenvalue weighted by molar-refractivity contribution is 5.80. The molecule has 0 saturated heterocycles. The molecule has 1 aromatic rings. The summed E-state index contributed by atoms with van der Waals surface area (Å²) in [5.74, 6) is 2.88. The van der Waals surface area contributed by atoms with Crippen molar-refractivity contribution in [2.75, 3.05) is 20.2 Å². The summed E-state index contributed by atoms with van der Waals surface area (Å²) in [7, 11) is 1.75. The fraction of sp³-hybridized carbons (Fsp3) is 0.833. The number of aromatic nitrogens is 3. The van der Waals surface area contributed by atoms with Gasteiger partial charge in [-0.15, -0.1) is 0 Å². The topological polar surface area (TPSA) is 76.4 Å². The number of nitrogens with zero attached hydrogens (tertiary/aromatic N) is 4. The van der Waals surface area contributed by atoms with Crippen LogP contribution in [0.2, 0.25) is 0 Å². The number of nitrogens with one attached hydrogen (secondary N) is 2. The summed E-state index contributed by atoms with van der Waals surface area (Å²) in [5.41, 5.74) is 0.0621. The van der Waals surface area contributed by atoms with Crippen molar-refractivity contribution in [3.8, 4) is 0 Å². The summed E-state index contributed by atoms with van der Waals surface area (Å²) < 4.78 is 7.65. The standard InChI is InChI=1S/C18H34N6O/c1-7-15-22-16-10-9-13(12-24(16)23-15)21-17(19-8-2)20-11-14(25-6)18(3,4)5/h13-14H,7-12H2,1-6H3,(H2,19,20,21). The van der Waals surface area contributed by atoms with Crippen molar-refractivity contribution in [1.82, 2.24) is 25.4 Å². The van der Waals surface area contributed by atoms with Crippen LogP contribution in [-0.2, 0) is 24.1 Å². The zero-order valence-corrected chi connectivity index (χ0v) is 16.6. The van der Waals surface area contributed by atoms with E-state index in [2.05, 4.69) is 55.3 Å². The van der Waals surface area contributed by atoms with Crippen molar-refractivity contribution < 1.29 is 4.74 Å². The number of aliphatic imine (C=N–C) groups is 1. The first-order chi connectivity index (χ1) is 11.9. The van der Waals surface area contributed by atoms with Gasteiger partial charge in [0.2, 0.25) is 0 Å². The van der Waals surface area contributed by atoms with Gasteiger partial charge in [-0.05, 0) is 18.8 Å². The Labute approximate surface area is 151 Å². The van der Waals surface area contributed by atoms with E-state index in [4.69, 9.17) is 9.73 Å². The third-order valence-electron chi connectivity index (χ3n) is 4.57. The van der Waals surface area contributed by atoms with Crippen molar-refractivity contribution in [2.24, 2.45) is 10.4 Å². The van der Waals surface area contributed by atoms with E-state index in [1.165, 1.54) is 0 Å². The number of fused-ring (bicyclic) bond motifs is 1. The molecule has 0 aliphatic carbocycles. The Balaban J connectivity index is 2.00. The minimum Gasteiger partial charge on any atom is -0.379 e. The molecule has 1 aromatic heterocycles. The Bertz CT molecular complexity index is 575. The normalized spacial score (nSPS) is 19.4. The van der Waals surface area contributed by atoms with Crippen molar-refractivity contribution in [3.63, 3.8) is 0 Å². The lowest BCUT2D eigenvalue weighted by Crippen LogP contribution is -2.47. The largest absolute Gasteiger partial charge is 0.379 e. The van der Waals surface area contributed by atoms with Crippen LogP contribution in [-0.4, -0.2) is 53.1 Å². The highest BCUT2D eigenvalue weighted by Crippen LogP contribution is 2.22. The molecule has 0 radical (unpaired) electrons. The van der Waals surface area contributed by atoms with Gasteiger partial charge in [-0.1, -0.05) is 27.7 Å². The molecule has 2 heterocycles. The lowest BCUT2D eigenvalue weighted by molar-refractivity contribution is 0.0241. The van der Waals surface area contributed by atoms with E-state index in [-0.39, 0.29) is 11.5 Å². The molecule has 2 atom stereocenters. The first-order valence-electron chi connectivity index (χ1n) is 9.37. The molecule has 0 aromatic carbocycles. The van der Waals surface area contributed by atoms with Gasteiger partial charge in [-0.2, -0.15) is 5.10 Å². The summed E-state index contributed by atoms with van der Waals surface area (Å²) in [6.45, 7) is 13.0. The van der Waals surface area contributed by atoms with E-state index in [9.17, 15) is 0 Å². The SMILES string of the molecule is CCNC(=NCC(OC)C(C)(C)C)NC1CCc2nc(CC)nn2C1. The predicted octanol–water partition coefficient (Wildman–Crippen LogP) is 1.77. The molecule has 2 rings (SSSR count). The fourth-order valence-corrected chi connectivity index (χ4v) is 3.02. The van der Waals surface area contributed by atoms with E-state index in [0.29, 0.717) is 12.6 Å². The molecule has 0 fully saturated rings. The number of aryl methyl sites for hydroxylation is 2. The Hall–Kier alpha value is -1.63. The molecule has 0 bridgehead atoms. The summed E-state index contributed by atoms with van der Waals surface area (Å²) in [4.78, 5) is 9.33. The molecular formula is C18H34N6O. The molecule has 7 heteroatoms. The quantitative estimate of drug-likeness (QED) is 0.604. The molecule has 0 spiro atoms. The minimum atomic E-state index is 0.0621. The predicted molar refractivity (Wildman–Crippen MR) is 101 cm³/mol. The van der Waals surface area contributed by atoms with Crippen LogP contribution in [0.4, 0.5) is 0 Å². The maximum atomic E-state index is 5.61. The Kier molecular flexibility index (Phi) is 6.81. The van der Waals surface area contributed by atoms with E-state index in [1.54, 1.807) is 7.11 Å². The van der Waals surface area contributed by atoms with Gasteiger partial charge in [0.25, 0.3) is 0 Å². The van der Waals surface area contributed by atoms with Crippen molar-refractivity contribution >= 4 is 5.96 Å². The van der Waals surface area contributed by atoms with Crippen molar-refractivity contribution in [2.45, 2.75) is 72.6 Å². The highest BCUT2D eigenvalue weighted by Gasteiger charge is 2.25. The van der Waals surface area contributed by atoms with Crippen LogP contribution in [0.5, 0.6) is 0 Å². The van der Waals surface area contributed by atoms with E-state index in [1.807, 2.05) is 4.68 Å². The third kappa shape index (κ3) is 5.42. The summed E-state index contributed by atoms with van der Waals surface area (Å²) in [5, 5.41) is 11.5. The second-order valence-corrected chi connectivity index (χ2v) is 7.67. The minimum absolute atomic E-state index is 0.0621. The van der Waals surface area contributed by atoms with Gasteiger partial charge in [-0.25, -0.2) is 9.67 Å². The van der Waals surface area contributed by atoms with E-state index in [0.717, 1.165) is 50.0 Å². The van der Waals surface area contributed by atoms with Crippen LogP contribution < -0.4 is 10.6 Å². The van der Waals surface area contributed by atoms with Gasteiger partial charge in [0, 0.05) is 32.5 Å². The highest BCUT2D eigenvalue weighted by atomic mass is 16.5. The van der Waals surface area contributed by atoms with Crippen molar-refractivity contribution in [3.05, 3.63) is 11.6 Å². The number of ether oxygens (including phenoxy) is 1. The molecule has 0 amide bonds. The molecular weight excluding hydrogens is 316 g/mol. The van der Waals surface area contributed by atoms with Gasteiger partial charge in [0.15, 0.2) is 11.8 Å². The van der Waals surface area contributed by atoms with Gasteiger partial charge < -0.3 is 15.4 Å².